The molecule has 108 valence electrons. The van der Waals surface area contributed by atoms with Gasteiger partial charge in [-0.25, -0.2) is 0 Å². The SMILES string of the molecule is CCCCCCCC(CN)N(CCCC)C1CC1. The summed E-state index contributed by atoms with van der Waals surface area (Å²) >= 11 is 0. The highest BCUT2D eigenvalue weighted by atomic mass is 15.2. The Morgan fingerprint density at radius 2 is 1.67 bits per heavy atom. The van der Waals surface area contributed by atoms with Gasteiger partial charge in [-0.05, 0) is 32.2 Å². The number of hydrogen-bond donors (Lipinski definition) is 1. The van der Waals surface area contributed by atoms with Crippen LogP contribution in [0.3, 0.4) is 0 Å². The van der Waals surface area contributed by atoms with Crippen molar-refractivity contribution in [2.45, 2.75) is 90.1 Å². The van der Waals surface area contributed by atoms with Crippen molar-refractivity contribution in [2.24, 2.45) is 5.73 Å². The summed E-state index contributed by atoms with van der Waals surface area (Å²) in [6.45, 7) is 6.70. The molecule has 1 rings (SSSR count). The van der Waals surface area contributed by atoms with E-state index in [1.807, 2.05) is 0 Å². The van der Waals surface area contributed by atoms with E-state index in [2.05, 4.69) is 18.7 Å². The van der Waals surface area contributed by atoms with Crippen LogP contribution in [0, 0.1) is 0 Å². The van der Waals surface area contributed by atoms with Crippen LogP contribution in [0.5, 0.6) is 0 Å². The van der Waals surface area contributed by atoms with Crippen LogP contribution in [0.25, 0.3) is 0 Å². The molecule has 1 unspecified atom stereocenters. The number of nitrogens with two attached hydrogens (primary N) is 1. The van der Waals surface area contributed by atoms with Crippen molar-refractivity contribution >= 4 is 0 Å². The lowest BCUT2D eigenvalue weighted by Crippen LogP contribution is -2.42. The molecule has 0 aromatic rings. The first kappa shape index (κ1) is 16.0. The Kier molecular flexibility index (Phi) is 8.70. The summed E-state index contributed by atoms with van der Waals surface area (Å²) in [7, 11) is 0. The highest BCUT2D eigenvalue weighted by molar-refractivity contribution is 4.89. The summed E-state index contributed by atoms with van der Waals surface area (Å²) in [5.74, 6) is 0. The molecule has 1 aliphatic carbocycles. The van der Waals surface area contributed by atoms with E-state index >= 15 is 0 Å². The Bertz CT molecular complexity index is 190. The van der Waals surface area contributed by atoms with E-state index in [1.54, 1.807) is 0 Å². The summed E-state index contributed by atoms with van der Waals surface area (Å²) in [6.07, 6.45) is 13.7. The third kappa shape index (κ3) is 6.19. The largest absolute Gasteiger partial charge is 0.329 e. The molecule has 0 saturated heterocycles. The number of rotatable bonds is 12. The first-order valence-electron chi connectivity index (χ1n) is 8.29. The van der Waals surface area contributed by atoms with E-state index < -0.39 is 0 Å². The summed E-state index contributed by atoms with van der Waals surface area (Å²) in [5.41, 5.74) is 6.01. The van der Waals surface area contributed by atoms with Crippen molar-refractivity contribution in [3.8, 4) is 0 Å². The van der Waals surface area contributed by atoms with E-state index in [0.29, 0.717) is 6.04 Å². The normalized spacial score (nSPS) is 17.3. The number of hydrogen-bond acceptors (Lipinski definition) is 2. The fraction of sp³-hybridized carbons (Fsp3) is 1.00. The summed E-state index contributed by atoms with van der Waals surface area (Å²) in [5, 5.41) is 0. The molecule has 2 heteroatoms. The Morgan fingerprint density at radius 1 is 1.00 bits per heavy atom. The van der Waals surface area contributed by atoms with Crippen molar-refractivity contribution in [1.29, 1.82) is 0 Å². The predicted molar refractivity (Wildman–Crippen MR) is 80.9 cm³/mol. The molecule has 0 radical (unpaired) electrons. The molecule has 1 aliphatic rings. The molecular formula is C16H34N2. The maximum atomic E-state index is 6.01. The van der Waals surface area contributed by atoms with Gasteiger partial charge in [0.25, 0.3) is 0 Å². The van der Waals surface area contributed by atoms with Crippen LogP contribution in [0.4, 0.5) is 0 Å². The number of nitrogens with zero attached hydrogens (tertiary/aromatic N) is 1. The quantitative estimate of drug-likeness (QED) is 0.535. The predicted octanol–water partition coefficient (Wildman–Crippen LogP) is 3.94. The Labute approximate surface area is 114 Å². The zero-order chi connectivity index (χ0) is 13.2. The second-order valence-corrected chi connectivity index (χ2v) is 5.91. The van der Waals surface area contributed by atoms with Gasteiger partial charge in [0.15, 0.2) is 0 Å². The first-order valence-corrected chi connectivity index (χ1v) is 8.29. The second-order valence-electron chi connectivity index (χ2n) is 5.91. The highest BCUT2D eigenvalue weighted by Gasteiger charge is 2.32. The second kappa shape index (κ2) is 9.80. The minimum absolute atomic E-state index is 0.658. The minimum atomic E-state index is 0.658. The Hall–Kier alpha value is -0.0800. The summed E-state index contributed by atoms with van der Waals surface area (Å²) < 4.78 is 0. The molecule has 0 amide bonds. The molecule has 1 atom stereocenters. The van der Waals surface area contributed by atoms with E-state index in [4.69, 9.17) is 5.73 Å². The molecular weight excluding hydrogens is 220 g/mol. The topological polar surface area (TPSA) is 29.3 Å². The molecule has 0 aromatic carbocycles. The highest BCUT2D eigenvalue weighted by Crippen LogP contribution is 2.30. The zero-order valence-corrected chi connectivity index (χ0v) is 12.7. The van der Waals surface area contributed by atoms with Gasteiger partial charge in [-0.2, -0.15) is 0 Å². The zero-order valence-electron chi connectivity index (χ0n) is 12.7. The van der Waals surface area contributed by atoms with Gasteiger partial charge >= 0.3 is 0 Å². The van der Waals surface area contributed by atoms with Gasteiger partial charge in [0.1, 0.15) is 0 Å². The van der Waals surface area contributed by atoms with Crippen LogP contribution < -0.4 is 5.73 Å². The van der Waals surface area contributed by atoms with E-state index in [9.17, 15) is 0 Å². The molecule has 1 saturated carbocycles. The maximum Gasteiger partial charge on any atom is 0.0221 e. The van der Waals surface area contributed by atoms with Crippen LogP contribution in [0.15, 0.2) is 0 Å². The smallest absolute Gasteiger partial charge is 0.0221 e. The van der Waals surface area contributed by atoms with Crippen molar-refractivity contribution in [2.75, 3.05) is 13.1 Å². The minimum Gasteiger partial charge on any atom is -0.329 e. The Balaban J connectivity index is 2.22. The molecule has 0 aromatic heterocycles. The van der Waals surface area contributed by atoms with Crippen LogP contribution in [-0.4, -0.2) is 30.1 Å². The van der Waals surface area contributed by atoms with Crippen LogP contribution in [0.2, 0.25) is 0 Å². The monoisotopic (exact) mass is 254 g/mol. The van der Waals surface area contributed by atoms with Crippen molar-refractivity contribution < 1.29 is 0 Å². The van der Waals surface area contributed by atoms with Gasteiger partial charge < -0.3 is 5.73 Å². The molecule has 0 aliphatic heterocycles. The molecule has 1 fully saturated rings. The third-order valence-electron chi connectivity index (χ3n) is 4.17. The molecule has 0 spiro atoms. The molecule has 2 N–H and O–H groups in total. The van der Waals surface area contributed by atoms with E-state index in [-0.39, 0.29) is 0 Å². The Morgan fingerprint density at radius 3 is 2.22 bits per heavy atom. The van der Waals surface area contributed by atoms with E-state index in [1.165, 1.54) is 70.8 Å². The van der Waals surface area contributed by atoms with Crippen LogP contribution in [-0.2, 0) is 0 Å². The number of unbranched alkanes of at least 4 members (excludes halogenated alkanes) is 5. The fourth-order valence-corrected chi connectivity index (χ4v) is 2.81. The standard InChI is InChI=1S/C16H34N2/c1-3-5-7-8-9-10-16(14-17)18(13-6-4-2)15-11-12-15/h15-16H,3-14,17H2,1-2H3. The van der Waals surface area contributed by atoms with E-state index in [0.717, 1.165) is 12.6 Å². The van der Waals surface area contributed by atoms with Crippen LogP contribution >= 0.6 is 0 Å². The van der Waals surface area contributed by atoms with Crippen molar-refractivity contribution in [3.05, 3.63) is 0 Å². The van der Waals surface area contributed by atoms with Gasteiger partial charge in [0, 0.05) is 18.6 Å². The van der Waals surface area contributed by atoms with Gasteiger partial charge in [-0.1, -0.05) is 52.4 Å². The van der Waals surface area contributed by atoms with Gasteiger partial charge in [-0.15, -0.1) is 0 Å². The third-order valence-corrected chi connectivity index (χ3v) is 4.17. The average Bonchev–Trinajstić information content (AvgIpc) is 3.21. The van der Waals surface area contributed by atoms with Gasteiger partial charge in [0.2, 0.25) is 0 Å². The lowest BCUT2D eigenvalue weighted by molar-refractivity contribution is 0.175. The fourth-order valence-electron chi connectivity index (χ4n) is 2.81. The van der Waals surface area contributed by atoms with Crippen molar-refractivity contribution in [1.82, 2.24) is 4.90 Å². The maximum absolute atomic E-state index is 6.01. The molecule has 2 nitrogen and oxygen atoms in total. The molecule has 0 heterocycles. The molecule has 0 bridgehead atoms. The average molecular weight is 254 g/mol. The van der Waals surface area contributed by atoms with Gasteiger partial charge in [-0.3, -0.25) is 4.90 Å². The lowest BCUT2D eigenvalue weighted by atomic mass is 10.0. The van der Waals surface area contributed by atoms with Crippen molar-refractivity contribution in [3.63, 3.8) is 0 Å². The lowest BCUT2D eigenvalue weighted by Gasteiger charge is -2.31. The van der Waals surface area contributed by atoms with Gasteiger partial charge in [0.05, 0.1) is 0 Å². The summed E-state index contributed by atoms with van der Waals surface area (Å²) in [4.78, 5) is 2.73. The first-order chi connectivity index (χ1) is 8.83. The van der Waals surface area contributed by atoms with Crippen LogP contribution in [0.1, 0.15) is 78.1 Å². The summed E-state index contributed by atoms with van der Waals surface area (Å²) in [6, 6.07) is 1.53. The molecule has 18 heavy (non-hydrogen) atoms.